The summed E-state index contributed by atoms with van der Waals surface area (Å²) in [5.74, 6) is -0.701. The molecule has 182 valence electrons. The summed E-state index contributed by atoms with van der Waals surface area (Å²) in [6.07, 6.45) is 8.28. The maximum absolute atomic E-state index is 12.6. The molecule has 0 spiro atoms. The van der Waals surface area contributed by atoms with Gasteiger partial charge in [0.2, 0.25) is 11.8 Å². The number of carbonyl (C=O) groups is 4. The second-order valence-corrected chi connectivity index (χ2v) is 8.74. The van der Waals surface area contributed by atoms with Crippen molar-refractivity contribution in [3.05, 3.63) is 0 Å². The van der Waals surface area contributed by atoms with Crippen molar-refractivity contribution in [2.24, 2.45) is 0 Å². The van der Waals surface area contributed by atoms with E-state index in [0.29, 0.717) is 64.8 Å². The summed E-state index contributed by atoms with van der Waals surface area (Å²) in [6, 6.07) is -0.935. The van der Waals surface area contributed by atoms with Gasteiger partial charge in [0.25, 0.3) is 0 Å². The van der Waals surface area contributed by atoms with Crippen LogP contribution in [0, 0.1) is 0 Å². The highest BCUT2D eigenvalue weighted by molar-refractivity contribution is 5.86. The van der Waals surface area contributed by atoms with Crippen molar-refractivity contribution in [3.63, 3.8) is 0 Å². The second kappa shape index (κ2) is 14.1. The predicted octanol–water partition coefficient (Wildman–Crippen LogP) is 3.22. The fourth-order valence-electron chi connectivity index (χ4n) is 4.29. The third kappa shape index (κ3) is 7.78. The Morgan fingerprint density at radius 2 is 1.09 bits per heavy atom. The molecule has 2 amide bonds. The molecule has 0 N–H and O–H groups in total. The van der Waals surface area contributed by atoms with Crippen molar-refractivity contribution >= 4 is 23.8 Å². The van der Waals surface area contributed by atoms with E-state index in [9.17, 15) is 19.2 Å². The van der Waals surface area contributed by atoms with Crippen molar-refractivity contribution in [2.75, 3.05) is 26.3 Å². The van der Waals surface area contributed by atoms with Gasteiger partial charge >= 0.3 is 11.9 Å². The lowest BCUT2D eigenvalue weighted by atomic mass is 10.1. The Morgan fingerprint density at radius 1 is 0.688 bits per heavy atom. The molecule has 2 saturated heterocycles. The van der Waals surface area contributed by atoms with Gasteiger partial charge in [-0.1, -0.05) is 26.7 Å². The third-order valence-electron chi connectivity index (χ3n) is 6.21. The highest BCUT2D eigenvalue weighted by atomic mass is 16.5. The molecule has 8 heteroatoms. The second-order valence-electron chi connectivity index (χ2n) is 8.74. The number of hydrogen-bond donors (Lipinski definition) is 0. The first kappa shape index (κ1) is 26.1. The van der Waals surface area contributed by atoms with Gasteiger partial charge in [-0.15, -0.1) is 0 Å². The SMILES string of the molecule is CCCCOC(=O)[C@H]1CCCN1C(=O)CCCCC(=O)N1CCC[C@@H]1C(=O)OCCCC. The zero-order valence-electron chi connectivity index (χ0n) is 19.8. The summed E-state index contributed by atoms with van der Waals surface area (Å²) in [6.45, 7) is 6.04. The summed E-state index contributed by atoms with van der Waals surface area (Å²) in [5.41, 5.74) is 0. The Labute approximate surface area is 192 Å². The summed E-state index contributed by atoms with van der Waals surface area (Å²) in [5, 5.41) is 0. The molecule has 0 aliphatic carbocycles. The zero-order valence-corrected chi connectivity index (χ0v) is 19.8. The molecule has 32 heavy (non-hydrogen) atoms. The van der Waals surface area contributed by atoms with E-state index < -0.39 is 12.1 Å². The average molecular weight is 453 g/mol. The van der Waals surface area contributed by atoms with Crippen LogP contribution in [0.2, 0.25) is 0 Å². The van der Waals surface area contributed by atoms with Crippen LogP contribution in [0.5, 0.6) is 0 Å². The molecule has 0 aromatic heterocycles. The van der Waals surface area contributed by atoms with Gasteiger partial charge in [0.1, 0.15) is 12.1 Å². The van der Waals surface area contributed by atoms with Crippen molar-refractivity contribution in [3.8, 4) is 0 Å². The predicted molar refractivity (Wildman–Crippen MR) is 120 cm³/mol. The van der Waals surface area contributed by atoms with E-state index in [1.54, 1.807) is 9.80 Å². The summed E-state index contributed by atoms with van der Waals surface area (Å²) in [4.78, 5) is 53.0. The molecule has 2 aliphatic rings. The highest BCUT2D eigenvalue weighted by Gasteiger charge is 2.36. The van der Waals surface area contributed by atoms with Gasteiger partial charge < -0.3 is 19.3 Å². The first-order valence-corrected chi connectivity index (χ1v) is 12.4. The average Bonchev–Trinajstić information content (AvgIpc) is 3.46. The quantitative estimate of drug-likeness (QED) is 0.315. The molecule has 2 rings (SSSR count). The van der Waals surface area contributed by atoms with E-state index in [-0.39, 0.29) is 23.8 Å². The van der Waals surface area contributed by atoms with E-state index in [0.717, 1.165) is 38.5 Å². The Balaban J connectivity index is 1.70. The standard InChI is InChI=1S/C24H40N2O6/c1-3-5-17-31-23(29)19-11-9-15-25(19)21(27)13-7-8-14-22(28)26-16-10-12-20(26)24(30)32-18-6-4-2/h19-20H,3-18H2,1-2H3/t19-,20-/m1/s1. The molecular weight excluding hydrogens is 412 g/mol. The normalized spacial score (nSPS) is 20.4. The number of ether oxygens (including phenoxy) is 2. The van der Waals surface area contributed by atoms with E-state index in [4.69, 9.17) is 9.47 Å². The first-order valence-electron chi connectivity index (χ1n) is 12.4. The summed E-state index contributed by atoms with van der Waals surface area (Å²) in [7, 11) is 0. The molecule has 8 nitrogen and oxygen atoms in total. The number of esters is 2. The van der Waals surface area contributed by atoms with Crippen LogP contribution in [0.4, 0.5) is 0 Å². The van der Waals surface area contributed by atoms with E-state index in [1.165, 1.54) is 0 Å². The molecule has 2 heterocycles. The number of rotatable bonds is 13. The third-order valence-corrected chi connectivity index (χ3v) is 6.21. The van der Waals surface area contributed by atoms with Gasteiger partial charge in [-0.05, 0) is 51.4 Å². The lowest BCUT2D eigenvalue weighted by Gasteiger charge is -2.24. The minimum absolute atomic E-state index is 0.0501. The van der Waals surface area contributed by atoms with Crippen LogP contribution < -0.4 is 0 Å². The van der Waals surface area contributed by atoms with Gasteiger partial charge in [0, 0.05) is 25.9 Å². The van der Waals surface area contributed by atoms with Crippen LogP contribution in [0.3, 0.4) is 0 Å². The number of hydrogen-bond acceptors (Lipinski definition) is 6. The summed E-state index contributed by atoms with van der Waals surface area (Å²) >= 11 is 0. The highest BCUT2D eigenvalue weighted by Crippen LogP contribution is 2.22. The molecule has 2 aliphatic heterocycles. The van der Waals surface area contributed by atoms with E-state index >= 15 is 0 Å². The minimum atomic E-state index is -0.468. The van der Waals surface area contributed by atoms with E-state index in [1.807, 2.05) is 13.8 Å². The monoisotopic (exact) mass is 452 g/mol. The Bertz CT molecular complexity index is 584. The first-order chi connectivity index (χ1) is 15.5. The zero-order chi connectivity index (χ0) is 23.3. The van der Waals surface area contributed by atoms with Gasteiger partial charge in [0.05, 0.1) is 13.2 Å². The number of unbranched alkanes of at least 4 members (excludes halogenated alkanes) is 3. The van der Waals surface area contributed by atoms with Crippen LogP contribution in [0.15, 0.2) is 0 Å². The van der Waals surface area contributed by atoms with Crippen LogP contribution >= 0.6 is 0 Å². The van der Waals surface area contributed by atoms with Crippen LogP contribution in [-0.2, 0) is 28.7 Å². The van der Waals surface area contributed by atoms with Crippen molar-refractivity contribution in [2.45, 2.75) is 103 Å². The Kier molecular flexibility index (Phi) is 11.5. The van der Waals surface area contributed by atoms with Gasteiger partial charge in [-0.3, -0.25) is 9.59 Å². The molecule has 0 radical (unpaired) electrons. The van der Waals surface area contributed by atoms with Crippen molar-refractivity contribution in [1.82, 2.24) is 9.80 Å². The molecule has 0 unspecified atom stereocenters. The van der Waals surface area contributed by atoms with Gasteiger partial charge in [0.15, 0.2) is 0 Å². The lowest BCUT2D eigenvalue weighted by molar-refractivity contribution is -0.154. The molecule has 0 aromatic rings. The van der Waals surface area contributed by atoms with Gasteiger partial charge in [-0.2, -0.15) is 0 Å². The number of amides is 2. The van der Waals surface area contributed by atoms with Gasteiger partial charge in [-0.25, -0.2) is 9.59 Å². The largest absolute Gasteiger partial charge is 0.464 e. The number of carbonyl (C=O) groups excluding carboxylic acids is 4. The van der Waals surface area contributed by atoms with Crippen molar-refractivity contribution in [1.29, 1.82) is 0 Å². The molecule has 0 saturated carbocycles. The lowest BCUT2D eigenvalue weighted by Crippen LogP contribution is -2.42. The molecule has 2 atom stereocenters. The maximum Gasteiger partial charge on any atom is 0.328 e. The Morgan fingerprint density at radius 3 is 1.47 bits per heavy atom. The minimum Gasteiger partial charge on any atom is -0.464 e. The van der Waals surface area contributed by atoms with E-state index in [2.05, 4.69) is 0 Å². The van der Waals surface area contributed by atoms with Crippen LogP contribution in [-0.4, -0.2) is 71.9 Å². The molecule has 2 fully saturated rings. The maximum atomic E-state index is 12.6. The molecule has 0 aromatic carbocycles. The number of likely N-dealkylation sites (tertiary alicyclic amines) is 2. The fraction of sp³-hybridized carbons (Fsp3) is 0.833. The Hall–Kier alpha value is -2.12. The van der Waals surface area contributed by atoms with Crippen LogP contribution in [0.25, 0.3) is 0 Å². The van der Waals surface area contributed by atoms with Crippen molar-refractivity contribution < 1.29 is 28.7 Å². The fourth-order valence-corrected chi connectivity index (χ4v) is 4.29. The molecular formula is C24H40N2O6. The number of nitrogens with zero attached hydrogens (tertiary/aromatic N) is 2. The topological polar surface area (TPSA) is 93.2 Å². The van der Waals surface area contributed by atoms with Crippen LogP contribution in [0.1, 0.15) is 90.9 Å². The smallest absolute Gasteiger partial charge is 0.328 e. The summed E-state index contributed by atoms with van der Waals surface area (Å²) < 4.78 is 10.6. The molecule has 0 bridgehead atoms.